The van der Waals surface area contributed by atoms with Gasteiger partial charge in [-0.25, -0.2) is 4.98 Å². The van der Waals surface area contributed by atoms with E-state index in [1.54, 1.807) is 12.1 Å². The molecule has 0 unspecified atom stereocenters. The maximum absolute atomic E-state index is 12.7. The Morgan fingerprint density at radius 2 is 1.93 bits per heavy atom. The van der Waals surface area contributed by atoms with E-state index in [4.69, 9.17) is 5.11 Å². The fourth-order valence-corrected chi connectivity index (χ4v) is 3.80. The number of carboxylic acids is 1. The minimum atomic E-state index is -0.886. The van der Waals surface area contributed by atoms with E-state index in [9.17, 15) is 9.59 Å². The van der Waals surface area contributed by atoms with Gasteiger partial charge in [-0.3, -0.25) is 14.2 Å². The van der Waals surface area contributed by atoms with Gasteiger partial charge in [0.25, 0.3) is 5.91 Å². The molecule has 27 heavy (non-hydrogen) atoms. The molecule has 1 aliphatic rings. The van der Waals surface area contributed by atoms with Crippen LogP contribution in [0.4, 0.5) is 0 Å². The minimum Gasteiger partial charge on any atom is -0.481 e. The van der Waals surface area contributed by atoms with Crippen molar-refractivity contribution in [2.45, 2.75) is 38.1 Å². The molecule has 1 fully saturated rings. The number of benzene rings is 2. The summed E-state index contributed by atoms with van der Waals surface area (Å²) in [5.74, 6) is -0.289. The van der Waals surface area contributed by atoms with E-state index in [1.165, 1.54) is 0 Å². The second-order valence-electron chi connectivity index (χ2n) is 7.19. The molecule has 1 heterocycles. The van der Waals surface area contributed by atoms with Crippen molar-refractivity contribution in [3.63, 3.8) is 0 Å². The van der Waals surface area contributed by atoms with Crippen LogP contribution in [0.1, 0.15) is 41.9 Å². The zero-order valence-electron chi connectivity index (χ0n) is 15.1. The number of carbonyl (C=O) groups is 2. The third-order valence-electron chi connectivity index (χ3n) is 5.28. The van der Waals surface area contributed by atoms with Crippen molar-refractivity contribution < 1.29 is 14.7 Å². The van der Waals surface area contributed by atoms with E-state index in [2.05, 4.69) is 14.9 Å². The van der Waals surface area contributed by atoms with Crippen LogP contribution in [0.2, 0.25) is 0 Å². The molecule has 0 atom stereocenters. The van der Waals surface area contributed by atoms with Gasteiger partial charge in [0, 0.05) is 11.3 Å². The Labute approximate surface area is 156 Å². The summed E-state index contributed by atoms with van der Waals surface area (Å²) in [5, 5.41) is 12.1. The van der Waals surface area contributed by atoms with Crippen LogP contribution in [0.5, 0.6) is 0 Å². The molecule has 1 amide bonds. The van der Waals surface area contributed by atoms with E-state index >= 15 is 0 Å². The minimum absolute atomic E-state index is 0.0390. The number of carboxylic acid groups (broad SMARTS) is 1. The molecular weight excluding hydrogens is 342 g/mol. The number of aryl methyl sites for hydroxylation is 1. The summed E-state index contributed by atoms with van der Waals surface area (Å²) in [6.07, 6.45) is 2.31. The SMILES string of the molecule is Cc1nc2cc(C(=O)NC3(CC(=O)O)CCC3)ccc2n1-c1ccccc1. The Hall–Kier alpha value is -3.15. The number of imidazole rings is 1. The number of nitrogens with zero attached hydrogens (tertiary/aromatic N) is 2. The van der Waals surface area contributed by atoms with Crippen LogP contribution in [-0.2, 0) is 4.79 Å². The van der Waals surface area contributed by atoms with Crippen molar-refractivity contribution in [1.82, 2.24) is 14.9 Å². The van der Waals surface area contributed by atoms with Gasteiger partial charge in [0.2, 0.25) is 0 Å². The monoisotopic (exact) mass is 363 g/mol. The second kappa shape index (κ2) is 6.54. The zero-order valence-corrected chi connectivity index (χ0v) is 15.1. The van der Waals surface area contributed by atoms with E-state index in [1.807, 2.05) is 43.3 Å². The van der Waals surface area contributed by atoms with Crippen LogP contribution in [0.25, 0.3) is 16.7 Å². The summed E-state index contributed by atoms with van der Waals surface area (Å²) in [4.78, 5) is 28.4. The molecule has 3 aromatic rings. The van der Waals surface area contributed by atoms with Gasteiger partial charge < -0.3 is 10.4 Å². The number of aliphatic carboxylic acids is 1. The molecule has 0 aliphatic heterocycles. The predicted molar refractivity (Wildman–Crippen MR) is 102 cm³/mol. The number of amides is 1. The number of para-hydroxylation sites is 1. The summed E-state index contributed by atoms with van der Waals surface area (Å²) < 4.78 is 2.05. The molecule has 6 nitrogen and oxygen atoms in total. The highest BCUT2D eigenvalue weighted by atomic mass is 16.4. The molecule has 2 N–H and O–H groups in total. The van der Waals surface area contributed by atoms with Gasteiger partial charge in [0.1, 0.15) is 5.82 Å². The normalized spacial score (nSPS) is 15.3. The first-order valence-corrected chi connectivity index (χ1v) is 9.06. The molecular formula is C21H21N3O3. The fraction of sp³-hybridized carbons (Fsp3) is 0.286. The Morgan fingerprint density at radius 3 is 2.56 bits per heavy atom. The first kappa shape index (κ1) is 17.3. The summed E-state index contributed by atoms with van der Waals surface area (Å²) in [6.45, 7) is 1.93. The van der Waals surface area contributed by atoms with Crippen molar-refractivity contribution >= 4 is 22.9 Å². The number of carbonyl (C=O) groups excluding carboxylic acids is 1. The number of rotatable bonds is 5. The second-order valence-corrected chi connectivity index (χ2v) is 7.19. The van der Waals surface area contributed by atoms with Crippen LogP contribution in [0.3, 0.4) is 0 Å². The average Bonchev–Trinajstić information content (AvgIpc) is 2.94. The molecule has 6 heteroatoms. The van der Waals surface area contributed by atoms with Crippen molar-refractivity contribution in [2.24, 2.45) is 0 Å². The molecule has 0 bridgehead atoms. The zero-order chi connectivity index (χ0) is 19.0. The van der Waals surface area contributed by atoms with E-state index < -0.39 is 11.5 Å². The predicted octanol–water partition coefficient (Wildman–Crippen LogP) is 3.46. The van der Waals surface area contributed by atoms with Crippen LogP contribution >= 0.6 is 0 Å². The van der Waals surface area contributed by atoms with Crippen LogP contribution in [-0.4, -0.2) is 32.1 Å². The topological polar surface area (TPSA) is 84.2 Å². The van der Waals surface area contributed by atoms with Gasteiger partial charge in [-0.15, -0.1) is 0 Å². The fourth-order valence-electron chi connectivity index (χ4n) is 3.80. The number of nitrogens with one attached hydrogen (secondary N) is 1. The van der Waals surface area contributed by atoms with Gasteiger partial charge >= 0.3 is 5.97 Å². The third kappa shape index (κ3) is 3.18. The Morgan fingerprint density at radius 1 is 1.19 bits per heavy atom. The van der Waals surface area contributed by atoms with Gasteiger partial charge in [0.15, 0.2) is 0 Å². The standard InChI is InChI=1S/C21H21N3O3/c1-14-22-17-12-15(20(27)23-21(10-5-11-21)13-19(25)26)8-9-18(17)24(14)16-6-3-2-4-7-16/h2-4,6-9,12H,5,10-11,13H2,1H3,(H,23,27)(H,25,26). The Bertz CT molecular complexity index is 1020. The highest BCUT2D eigenvalue weighted by Crippen LogP contribution is 2.35. The maximum Gasteiger partial charge on any atom is 0.305 e. The molecule has 1 saturated carbocycles. The van der Waals surface area contributed by atoms with Crippen molar-refractivity contribution in [3.05, 3.63) is 59.9 Å². The number of fused-ring (bicyclic) bond motifs is 1. The lowest BCUT2D eigenvalue weighted by Crippen LogP contribution is -2.54. The van der Waals surface area contributed by atoms with E-state index in [0.29, 0.717) is 18.4 Å². The largest absolute Gasteiger partial charge is 0.481 e. The van der Waals surface area contributed by atoms with Gasteiger partial charge in [-0.1, -0.05) is 18.2 Å². The summed E-state index contributed by atoms with van der Waals surface area (Å²) in [5.41, 5.74) is 2.57. The lowest BCUT2D eigenvalue weighted by atomic mass is 9.74. The first-order chi connectivity index (χ1) is 13.0. The summed E-state index contributed by atoms with van der Waals surface area (Å²) in [6, 6.07) is 15.4. The molecule has 138 valence electrons. The molecule has 2 aromatic carbocycles. The Kier molecular flexibility index (Phi) is 4.18. The van der Waals surface area contributed by atoms with Crippen LogP contribution in [0, 0.1) is 6.92 Å². The molecule has 0 spiro atoms. The van der Waals surface area contributed by atoms with Crippen molar-refractivity contribution in [2.75, 3.05) is 0 Å². The first-order valence-electron chi connectivity index (χ1n) is 9.06. The van der Waals surface area contributed by atoms with Crippen molar-refractivity contribution in [3.8, 4) is 5.69 Å². The number of hydrogen-bond donors (Lipinski definition) is 2. The molecule has 4 rings (SSSR count). The van der Waals surface area contributed by atoms with Crippen LogP contribution < -0.4 is 5.32 Å². The summed E-state index contributed by atoms with van der Waals surface area (Å²) in [7, 11) is 0. The van der Waals surface area contributed by atoms with E-state index in [0.717, 1.165) is 29.0 Å². The highest BCUT2D eigenvalue weighted by Gasteiger charge is 2.40. The van der Waals surface area contributed by atoms with Gasteiger partial charge in [0.05, 0.1) is 23.0 Å². The lowest BCUT2D eigenvalue weighted by Gasteiger charge is -2.41. The molecule has 0 radical (unpaired) electrons. The van der Waals surface area contributed by atoms with E-state index in [-0.39, 0.29) is 12.3 Å². The smallest absolute Gasteiger partial charge is 0.305 e. The summed E-state index contributed by atoms with van der Waals surface area (Å²) >= 11 is 0. The van der Waals surface area contributed by atoms with Gasteiger partial charge in [-0.05, 0) is 56.5 Å². The van der Waals surface area contributed by atoms with Crippen LogP contribution in [0.15, 0.2) is 48.5 Å². The highest BCUT2D eigenvalue weighted by molar-refractivity contribution is 5.98. The molecule has 1 aliphatic carbocycles. The lowest BCUT2D eigenvalue weighted by molar-refractivity contribution is -0.139. The van der Waals surface area contributed by atoms with Crippen molar-refractivity contribution in [1.29, 1.82) is 0 Å². The molecule has 1 aromatic heterocycles. The van der Waals surface area contributed by atoms with Gasteiger partial charge in [-0.2, -0.15) is 0 Å². The third-order valence-corrected chi connectivity index (χ3v) is 5.28. The Balaban J connectivity index is 1.64. The molecule has 0 saturated heterocycles. The average molecular weight is 363 g/mol. The maximum atomic E-state index is 12.7. The quantitative estimate of drug-likeness (QED) is 0.727. The number of aromatic nitrogens is 2. The number of hydrogen-bond acceptors (Lipinski definition) is 3.